The van der Waals surface area contributed by atoms with Gasteiger partial charge in [-0.25, -0.2) is 9.97 Å². The van der Waals surface area contributed by atoms with Gasteiger partial charge in [-0.05, 0) is 88.7 Å². The third-order valence-corrected chi connectivity index (χ3v) is 11.4. The number of nitrogens with zero attached hydrogens (tertiary/aromatic N) is 3. The van der Waals surface area contributed by atoms with E-state index in [1.165, 1.54) is 55.2 Å². The van der Waals surface area contributed by atoms with E-state index in [9.17, 15) is 0 Å². The number of fused-ring (bicyclic) bond motifs is 8. The van der Waals surface area contributed by atoms with E-state index in [0.29, 0.717) is 5.92 Å². The molecule has 0 amide bonds. The van der Waals surface area contributed by atoms with Crippen molar-refractivity contribution in [3.05, 3.63) is 193 Å². The van der Waals surface area contributed by atoms with Crippen LogP contribution in [0, 0.1) is 6.92 Å². The second-order valence-corrected chi connectivity index (χ2v) is 14.6. The lowest BCUT2D eigenvalue weighted by molar-refractivity contribution is 0.957. The summed E-state index contributed by atoms with van der Waals surface area (Å²) in [7, 11) is 0. The molecule has 1 unspecified atom stereocenters. The van der Waals surface area contributed by atoms with E-state index in [1.807, 2.05) is 12.2 Å². The highest BCUT2D eigenvalue weighted by Crippen LogP contribution is 2.48. The molecule has 2 aromatic heterocycles. The van der Waals surface area contributed by atoms with Crippen molar-refractivity contribution < 1.29 is 0 Å². The van der Waals surface area contributed by atoms with Gasteiger partial charge in [-0.2, -0.15) is 0 Å². The van der Waals surface area contributed by atoms with E-state index >= 15 is 0 Å². The van der Waals surface area contributed by atoms with E-state index in [2.05, 4.69) is 183 Å². The number of allylic oxidation sites excluding steroid dienone is 8. The van der Waals surface area contributed by atoms with Gasteiger partial charge in [-0.15, -0.1) is 0 Å². The Hall–Kier alpha value is -6.84. The fourth-order valence-corrected chi connectivity index (χ4v) is 8.74. The molecule has 0 saturated heterocycles. The lowest BCUT2D eigenvalue weighted by atomic mass is 9.96. The van der Waals surface area contributed by atoms with Crippen molar-refractivity contribution in [2.45, 2.75) is 26.2 Å². The van der Waals surface area contributed by atoms with Crippen molar-refractivity contribution >= 4 is 44.5 Å². The van der Waals surface area contributed by atoms with E-state index in [0.717, 1.165) is 56.8 Å². The molecule has 2 aliphatic rings. The first-order valence-electron chi connectivity index (χ1n) is 19.1. The second kappa shape index (κ2) is 13.2. The van der Waals surface area contributed by atoms with Gasteiger partial charge in [0.05, 0.1) is 22.2 Å². The fraction of sp³-hybridized carbons (Fsp3) is 0.0769. The lowest BCUT2D eigenvalue weighted by Gasteiger charge is -2.14. The van der Waals surface area contributed by atoms with Gasteiger partial charge in [-0.3, -0.25) is 0 Å². The summed E-state index contributed by atoms with van der Waals surface area (Å²) < 4.78 is 2.40. The molecular weight excluding hydrogens is 667 g/mol. The van der Waals surface area contributed by atoms with E-state index < -0.39 is 0 Å². The van der Waals surface area contributed by atoms with E-state index in [1.54, 1.807) is 0 Å². The maximum atomic E-state index is 5.42. The molecule has 3 nitrogen and oxygen atoms in total. The summed E-state index contributed by atoms with van der Waals surface area (Å²) in [6.45, 7) is 8.44. The smallest absolute Gasteiger partial charge is 0.160 e. The van der Waals surface area contributed by atoms with Gasteiger partial charge in [0.25, 0.3) is 0 Å². The highest BCUT2D eigenvalue weighted by molar-refractivity contribution is 6.14. The van der Waals surface area contributed by atoms with Gasteiger partial charge in [0.2, 0.25) is 0 Å². The van der Waals surface area contributed by atoms with Crippen molar-refractivity contribution in [1.82, 2.24) is 14.5 Å². The molecule has 0 N–H and O–H groups in total. The van der Waals surface area contributed by atoms with Gasteiger partial charge in [-0.1, -0.05) is 147 Å². The molecule has 10 rings (SSSR count). The van der Waals surface area contributed by atoms with Gasteiger partial charge >= 0.3 is 0 Å². The predicted octanol–water partition coefficient (Wildman–Crippen LogP) is 13.7. The van der Waals surface area contributed by atoms with Crippen LogP contribution in [0.3, 0.4) is 0 Å². The number of hydrogen-bond donors (Lipinski definition) is 0. The van der Waals surface area contributed by atoms with Crippen LogP contribution >= 0.6 is 0 Å². The predicted molar refractivity (Wildman–Crippen MR) is 233 cm³/mol. The Morgan fingerprint density at radius 2 is 1.51 bits per heavy atom. The zero-order valence-corrected chi connectivity index (χ0v) is 31.0. The van der Waals surface area contributed by atoms with Crippen LogP contribution in [0.15, 0.2) is 170 Å². The van der Waals surface area contributed by atoms with Crippen LogP contribution in [-0.4, -0.2) is 14.5 Å². The molecule has 2 aliphatic carbocycles. The standard InChI is InChI=1S/C52H39N3/c1-4-5-16-35-25-30-47-48(33(35)2)45-32-38(26-29-46(45)55(47)40-21-11-6-7-12-22-40)37-19-15-20-39(31-37)52-53-50(36-17-9-8-10-18-36)44-28-27-42-34(3)41-23-13-14-24-43(41)49(42)51(44)54-52/h4-6,8-32,34H,1,7H2,2-3H3/b16-5-. The molecule has 55 heavy (non-hydrogen) atoms. The summed E-state index contributed by atoms with van der Waals surface area (Å²) in [6.07, 6.45) is 17.9. The van der Waals surface area contributed by atoms with E-state index in [-0.39, 0.29) is 0 Å². The molecule has 0 radical (unpaired) electrons. The van der Waals surface area contributed by atoms with Gasteiger partial charge in [0.1, 0.15) is 0 Å². The average molecular weight is 706 g/mol. The summed E-state index contributed by atoms with van der Waals surface area (Å²) in [4.78, 5) is 10.8. The second-order valence-electron chi connectivity index (χ2n) is 14.6. The lowest BCUT2D eigenvalue weighted by Crippen LogP contribution is -1.98. The van der Waals surface area contributed by atoms with Crippen molar-refractivity contribution in [1.29, 1.82) is 0 Å². The molecule has 1 atom stereocenters. The zero-order valence-electron chi connectivity index (χ0n) is 31.0. The molecule has 6 aromatic carbocycles. The highest BCUT2D eigenvalue weighted by Gasteiger charge is 2.29. The summed E-state index contributed by atoms with van der Waals surface area (Å²) in [6, 6.07) is 43.9. The van der Waals surface area contributed by atoms with Crippen molar-refractivity contribution in [3.8, 4) is 44.9 Å². The maximum Gasteiger partial charge on any atom is 0.160 e. The molecule has 0 fully saturated rings. The van der Waals surface area contributed by atoms with Gasteiger partial charge < -0.3 is 4.57 Å². The van der Waals surface area contributed by atoms with Crippen molar-refractivity contribution in [2.75, 3.05) is 0 Å². The molecule has 262 valence electrons. The minimum atomic E-state index is 0.308. The first-order valence-corrected chi connectivity index (χ1v) is 19.1. The normalized spacial score (nSPS) is 14.8. The molecule has 0 spiro atoms. The monoisotopic (exact) mass is 705 g/mol. The molecule has 0 bridgehead atoms. The first-order chi connectivity index (χ1) is 27.1. The van der Waals surface area contributed by atoms with Crippen LogP contribution in [0.2, 0.25) is 0 Å². The average Bonchev–Trinajstić information content (AvgIpc) is 3.56. The van der Waals surface area contributed by atoms with Crippen LogP contribution in [0.5, 0.6) is 0 Å². The largest absolute Gasteiger partial charge is 0.309 e. The maximum absolute atomic E-state index is 5.42. The Morgan fingerprint density at radius 1 is 0.709 bits per heavy atom. The van der Waals surface area contributed by atoms with Crippen molar-refractivity contribution in [2.24, 2.45) is 0 Å². The molecule has 8 aromatic rings. The van der Waals surface area contributed by atoms with Gasteiger partial charge in [0.15, 0.2) is 5.82 Å². The topological polar surface area (TPSA) is 30.7 Å². The van der Waals surface area contributed by atoms with Crippen LogP contribution < -0.4 is 0 Å². The quantitative estimate of drug-likeness (QED) is 0.161. The summed E-state index contributed by atoms with van der Waals surface area (Å²) in [5.41, 5.74) is 17.5. The molecule has 0 saturated carbocycles. The summed E-state index contributed by atoms with van der Waals surface area (Å²) in [5.74, 6) is 1.04. The Morgan fingerprint density at radius 3 is 2.40 bits per heavy atom. The fourth-order valence-electron chi connectivity index (χ4n) is 8.74. The molecule has 0 aliphatic heterocycles. The third kappa shape index (κ3) is 5.34. The minimum Gasteiger partial charge on any atom is -0.309 e. The number of hydrogen-bond acceptors (Lipinski definition) is 2. The number of benzene rings is 6. The highest BCUT2D eigenvalue weighted by atomic mass is 15.0. The summed E-state index contributed by atoms with van der Waals surface area (Å²) >= 11 is 0. The Bertz CT molecular complexity index is 2990. The SMILES string of the molecule is C=C/C=C\c1ccc2c(c1C)c1cc(-c3cccc(-c4nc(-c5ccccc5)c5ccc6c(c5n4)-c4ccccc4C6C)c3)ccc1n2C1=CC=CCC=C1. The van der Waals surface area contributed by atoms with Crippen LogP contribution in [0.1, 0.15) is 41.5 Å². The molecule has 3 heteroatoms. The third-order valence-electron chi connectivity index (χ3n) is 11.4. The Balaban J connectivity index is 1.17. The summed E-state index contributed by atoms with van der Waals surface area (Å²) in [5, 5.41) is 3.56. The van der Waals surface area contributed by atoms with E-state index in [4.69, 9.17) is 9.97 Å². The first kappa shape index (κ1) is 32.8. The van der Waals surface area contributed by atoms with Crippen LogP contribution in [0.25, 0.3) is 89.4 Å². The Labute approximate surface area is 321 Å². The number of rotatable bonds is 6. The molecular formula is C52H39N3. The minimum absolute atomic E-state index is 0.308. The van der Waals surface area contributed by atoms with Crippen molar-refractivity contribution in [3.63, 3.8) is 0 Å². The van der Waals surface area contributed by atoms with Crippen LogP contribution in [0.4, 0.5) is 0 Å². The number of aromatic nitrogens is 3. The molecule has 2 heterocycles. The number of aryl methyl sites for hydroxylation is 1. The Kier molecular flexibility index (Phi) is 7.88. The van der Waals surface area contributed by atoms with Crippen LogP contribution in [-0.2, 0) is 0 Å². The van der Waals surface area contributed by atoms with Gasteiger partial charge in [0, 0.05) is 44.5 Å². The zero-order chi connectivity index (χ0) is 37.0.